The maximum Gasteiger partial charge on any atom is 0.316 e. The van der Waals surface area contributed by atoms with Crippen LogP contribution in [0, 0.1) is 29.6 Å². The lowest BCUT2D eigenvalue weighted by Crippen LogP contribution is -2.59. The van der Waals surface area contributed by atoms with Crippen molar-refractivity contribution in [3.05, 3.63) is 11.0 Å². The zero-order chi connectivity index (χ0) is 35.6. The van der Waals surface area contributed by atoms with E-state index in [-0.39, 0.29) is 36.1 Å². The second-order valence-corrected chi connectivity index (χ2v) is 15.5. The Bertz CT molecular complexity index is 1190. The van der Waals surface area contributed by atoms with Crippen LogP contribution in [-0.4, -0.2) is 108 Å². The van der Waals surface area contributed by atoms with E-state index in [2.05, 4.69) is 0 Å². The average Bonchev–Trinajstić information content (AvgIpc) is 3.36. The minimum atomic E-state index is -1.21. The molecule has 3 aliphatic rings. The van der Waals surface area contributed by atoms with E-state index in [0.717, 1.165) is 17.3 Å². The Morgan fingerprint density at radius 1 is 1.09 bits per heavy atom. The Labute approximate surface area is 284 Å². The number of aliphatic hydroxyl groups is 1. The fraction of sp³-hybridized carbons (Fsp3) is 0.829. The van der Waals surface area contributed by atoms with Gasteiger partial charge in [-0.3, -0.25) is 19.2 Å². The van der Waals surface area contributed by atoms with Crippen LogP contribution in [-0.2, 0) is 42.9 Å². The average molecular weight is 684 g/mol. The highest BCUT2D eigenvalue weighted by Crippen LogP contribution is 2.47. The molecule has 12 heteroatoms. The summed E-state index contributed by atoms with van der Waals surface area (Å²) in [5.41, 5.74) is -1.51. The Morgan fingerprint density at radius 3 is 2.28 bits per heavy atom. The highest BCUT2D eigenvalue weighted by Gasteiger charge is 2.56. The number of carbonyl (C=O) groups is 4. The summed E-state index contributed by atoms with van der Waals surface area (Å²) in [5, 5.41) is 13.0. The predicted octanol–water partition coefficient (Wildman–Crippen LogP) is 4.18. The van der Waals surface area contributed by atoms with E-state index in [0.29, 0.717) is 12.8 Å². The van der Waals surface area contributed by atoms with E-state index in [1.807, 2.05) is 53.6 Å². The van der Waals surface area contributed by atoms with Crippen molar-refractivity contribution in [3.8, 4) is 0 Å². The molecule has 0 radical (unpaired) electrons. The van der Waals surface area contributed by atoms with Gasteiger partial charge in [0, 0.05) is 43.7 Å². The zero-order valence-corrected chi connectivity index (χ0v) is 31.1. The summed E-state index contributed by atoms with van der Waals surface area (Å²) in [5.74, 6) is -4.86. The van der Waals surface area contributed by atoms with Crippen molar-refractivity contribution in [1.29, 1.82) is 0 Å². The summed E-state index contributed by atoms with van der Waals surface area (Å²) in [6.07, 6.45) is -2.95. The third-order valence-electron chi connectivity index (χ3n) is 10.7. The van der Waals surface area contributed by atoms with Crippen LogP contribution in [0.4, 0.5) is 0 Å². The normalized spacial score (nSPS) is 43.5. The number of methoxy groups -OCH3 is 1. The van der Waals surface area contributed by atoms with E-state index in [9.17, 15) is 24.3 Å². The highest BCUT2D eigenvalue weighted by atomic mass is 32.2. The van der Waals surface area contributed by atoms with Crippen LogP contribution in [0.25, 0.3) is 0 Å². The lowest BCUT2D eigenvalue weighted by molar-refractivity contribution is -0.295. The molecule has 0 spiro atoms. The van der Waals surface area contributed by atoms with Crippen LogP contribution >= 0.6 is 11.8 Å². The summed E-state index contributed by atoms with van der Waals surface area (Å²) in [6, 6.07) is -0.255. The summed E-state index contributed by atoms with van der Waals surface area (Å²) in [4.78, 5) is 56.0. The number of nitrogens with zero attached hydrogens (tertiary/aromatic N) is 1. The predicted molar refractivity (Wildman–Crippen MR) is 178 cm³/mol. The molecule has 0 aliphatic carbocycles. The van der Waals surface area contributed by atoms with Crippen LogP contribution < -0.4 is 0 Å². The molecule has 1 N–H and O–H groups in total. The van der Waals surface area contributed by atoms with Gasteiger partial charge in [0.25, 0.3) is 0 Å². The monoisotopic (exact) mass is 683 g/mol. The van der Waals surface area contributed by atoms with Crippen molar-refractivity contribution < 1.29 is 48.0 Å². The number of carbonyl (C=O) groups excluding carboxylic acids is 4. The number of aliphatic hydroxyl groups excluding tert-OH is 1. The fourth-order valence-electron chi connectivity index (χ4n) is 7.90. The minimum absolute atomic E-state index is 0.0618. The standard InChI is InChI=1S/C35H57NO10S/c1-13-26-35(9)27(24(16-43-35)17-47-23(7)37)20(4)28(38)18(2)15-34(8,42-12)31(21(5)29(39)22(6)32(41)45-26)46-33-30(40)25(36(10)11)14-19(3)44-33/h17-22,25-27,30-31,33,40H,13-16H2,1-12H3/b24-17+/t18?,19-,20?,21-,22+,25?,26?,27?,30-,31+,33+,34?,35+/m0/s1. The molecular formula is C35H57NO10S. The summed E-state index contributed by atoms with van der Waals surface area (Å²) >= 11 is 1.04. The summed E-state index contributed by atoms with van der Waals surface area (Å²) in [6.45, 7) is 15.9. The van der Waals surface area contributed by atoms with Crippen LogP contribution in [0.5, 0.6) is 0 Å². The Balaban J connectivity index is 2.13. The first-order valence-electron chi connectivity index (χ1n) is 16.8. The van der Waals surface area contributed by atoms with Gasteiger partial charge >= 0.3 is 5.97 Å². The number of hydrogen-bond acceptors (Lipinski definition) is 12. The molecule has 0 aromatic rings. The number of Topliss-reactive ketones (excluding diaryl/α,β-unsaturated/α-hetero) is 2. The molecule has 3 aliphatic heterocycles. The molecular weight excluding hydrogens is 626 g/mol. The molecule has 3 rings (SSSR count). The maximum absolute atomic E-state index is 14.4. The summed E-state index contributed by atoms with van der Waals surface area (Å²) in [7, 11) is 5.26. The van der Waals surface area contributed by atoms with Gasteiger partial charge in [0.05, 0.1) is 24.4 Å². The van der Waals surface area contributed by atoms with Crippen LogP contribution in [0.3, 0.4) is 0 Å². The van der Waals surface area contributed by atoms with Gasteiger partial charge in [0.2, 0.25) is 0 Å². The molecule has 0 saturated carbocycles. The van der Waals surface area contributed by atoms with E-state index < -0.39 is 77.1 Å². The SMILES string of the molecule is CCC1OC(=O)[C@H](C)C(=O)[C@H](C)[C@@H](O[C@H]2O[C@@H](C)CC(N(C)C)[C@@H]2O)C(C)(OC)CC(C)C(=O)C(C)C2/C(=C/SC(C)=O)CO[C@]12C. The number of ketones is 2. The Hall–Kier alpha value is -1.67. The smallest absolute Gasteiger partial charge is 0.316 e. The van der Waals surface area contributed by atoms with E-state index in [4.69, 9.17) is 23.7 Å². The van der Waals surface area contributed by atoms with Gasteiger partial charge in [-0.15, -0.1) is 0 Å². The van der Waals surface area contributed by atoms with Gasteiger partial charge in [-0.05, 0) is 72.0 Å². The molecule has 0 amide bonds. The molecule has 3 fully saturated rings. The molecule has 3 heterocycles. The maximum atomic E-state index is 14.4. The number of thioether (sulfide) groups is 1. The molecule has 11 nitrogen and oxygen atoms in total. The van der Waals surface area contributed by atoms with Crippen molar-refractivity contribution in [2.75, 3.05) is 27.8 Å². The van der Waals surface area contributed by atoms with Gasteiger partial charge < -0.3 is 33.7 Å². The Morgan fingerprint density at radius 2 is 1.72 bits per heavy atom. The van der Waals surface area contributed by atoms with E-state index in [1.54, 1.807) is 19.3 Å². The van der Waals surface area contributed by atoms with Gasteiger partial charge in [-0.25, -0.2) is 0 Å². The van der Waals surface area contributed by atoms with Gasteiger partial charge in [0.15, 0.2) is 17.2 Å². The number of rotatable bonds is 6. The highest BCUT2D eigenvalue weighted by molar-refractivity contribution is 8.16. The van der Waals surface area contributed by atoms with Crippen molar-refractivity contribution in [1.82, 2.24) is 4.90 Å². The van der Waals surface area contributed by atoms with Crippen molar-refractivity contribution in [2.45, 2.75) is 130 Å². The number of hydrogen-bond donors (Lipinski definition) is 1. The Kier molecular flexibility index (Phi) is 13.5. The van der Waals surface area contributed by atoms with Gasteiger partial charge in [-0.1, -0.05) is 39.5 Å². The van der Waals surface area contributed by atoms with Crippen molar-refractivity contribution >= 4 is 34.4 Å². The lowest BCUT2D eigenvalue weighted by atomic mass is 9.69. The van der Waals surface area contributed by atoms with Gasteiger partial charge in [0.1, 0.15) is 29.5 Å². The van der Waals surface area contributed by atoms with E-state index >= 15 is 0 Å². The molecule has 47 heavy (non-hydrogen) atoms. The first-order chi connectivity index (χ1) is 21.8. The molecule has 0 aromatic heterocycles. The molecule has 13 atom stereocenters. The first-order valence-corrected chi connectivity index (χ1v) is 17.7. The second-order valence-electron chi connectivity index (χ2n) is 14.4. The third-order valence-corrected chi connectivity index (χ3v) is 11.4. The van der Waals surface area contributed by atoms with Crippen molar-refractivity contribution in [3.63, 3.8) is 0 Å². The third kappa shape index (κ3) is 8.38. The second kappa shape index (κ2) is 15.9. The fourth-order valence-corrected chi connectivity index (χ4v) is 8.43. The van der Waals surface area contributed by atoms with Gasteiger partial charge in [-0.2, -0.15) is 0 Å². The number of esters is 1. The van der Waals surface area contributed by atoms with Crippen LogP contribution in [0.15, 0.2) is 11.0 Å². The number of fused-ring (bicyclic) bond motifs is 1. The van der Waals surface area contributed by atoms with E-state index in [1.165, 1.54) is 21.0 Å². The first kappa shape index (κ1) is 39.8. The summed E-state index contributed by atoms with van der Waals surface area (Å²) < 4.78 is 31.2. The molecule has 6 unspecified atom stereocenters. The lowest BCUT2D eigenvalue weighted by Gasteiger charge is -2.47. The number of likely N-dealkylation sites (N-methyl/N-ethyl adjacent to an activating group) is 1. The minimum Gasteiger partial charge on any atom is -0.459 e. The largest absolute Gasteiger partial charge is 0.459 e. The molecule has 268 valence electrons. The molecule has 3 saturated heterocycles. The van der Waals surface area contributed by atoms with Crippen LogP contribution in [0.2, 0.25) is 0 Å². The number of cyclic esters (lactones) is 1. The molecule has 0 bridgehead atoms. The quantitative estimate of drug-likeness (QED) is 0.318. The van der Waals surface area contributed by atoms with Crippen molar-refractivity contribution in [2.24, 2.45) is 29.6 Å². The topological polar surface area (TPSA) is 138 Å². The molecule has 0 aromatic carbocycles. The number of ether oxygens (including phenoxy) is 5. The van der Waals surface area contributed by atoms with Crippen LogP contribution in [0.1, 0.15) is 81.6 Å². The zero-order valence-electron chi connectivity index (χ0n) is 30.2.